The third-order valence-electron chi connectivity index (χ3n) is 6.23. The van der Waals surface area contributed by atoms with Gasteiger partial charge in [-0.15, -0.1) is 0 Å². The van der Waals surface area contributed by atoms with Crippen LogP contribution in [0.3, 0.4) is 0 Å². The number of fused-ring (bicyclic) bond motifs is 4. The second-order valence-electron chi connectivity index (χ2n) is 7.61. The first-order valence-corrected chi connectivity index (χ1v) is 9.75. The highest BCUT2D eigenvalue weighted by atomic mass is 17.2. The molecule has 1 saturated carbocycles. The van der Waals surface area contributed by atoms with Crippen LogP contribution in [0.4, 0.5) is 0 Å². The van der Waals surface area contributed by atoms with Gasteiger partial charge in [0.1, 0.15) is 11.2 Å². The van der Waals surface area contributed by atoms with E-state index >= 15 is 0 Å². The maximum Gasteiger partial charge on any atom is 0.129 e. The van der Waals surface area contributed by atoms with E-state index in [1.807, 2.05) is 0 Å². The summed E-state index contributed by atoms with van der Waals surface area (Å²) in [7, 11) is 0. The van der Waals surface area contributed by atoms with Gasteiger partial charge in [0.15, 0.2) is 0 Å². The summed E-state index contributed by atoms with van der Waals surface area (Å²) in [5, 5.41) is 0. The molecule has 3 fully saturated rings. The molecule has 25 heavy (non-hydrogen) atoms. The van der Waals surface area contributed by atoms with E-state index in [1.165, 1.54) is 22.3 Å². The molecule has 2 bridgehead atoms. The minimum absolute atomic E-state index is 0.268. The lowest BCUT2D eigenvalue weighted by molar-refractivity contribution is -0.444. The molecule has 0 spiro atoms. The molecular weight excluding hydrogens is 308 g/mol. The van der Waals surface area contributed by atoms with Crippen molar-refractivity contribution in [3.05, 3.63) is 70.8 Å². The maximum absolute atomic E-state index is 6.16. The minimum atomic E-state index is -0.268. The summed E-state index contributed by atoms with van der Waals surface area (Å²) in [4.78, 5) is 12.3. The number of aryl methyl sites for hydroxylation is 2. The zero-order chi connectivity index (χ0) is 17.3. The highest BCUT2D eigenvalue weighted by molar-refractivity contribution is 5.31. The molecule has 132 valence electrons. The summed E-state index contributed by atoms with van der Waals surface area (Å²) < 4.78 is 0. The first-order chi connectivity index (χ1) is 12.2. The van der Waals surface area contributed by atoms with Crippen LogP contribution in [-0.4, -0.2) is 0 Å². The lowest BCUT2D eigenvalue weighted by atomic mass is 9.82. The third kappa shape index (κ3) is 2.92. The van der Waals surface area contributed by atoms with Gasteiger partial charge in [0.05, 0.1) is 0 Å². The standard InChI is InChI=1S/C23H28O2/c1-3-18-6-10-20(11-7-18)22-14-5-15-23(17-16-22,25-24-22)21-12-8-19(4-2)9-13-21/h6-13H,3-5,14-17H2,1-2H3. The first kappa shape index (κ1) is 16.8. The molecule has 0 amide bonds. The molecule has 1 aliphatic carbocycles. The third-order valence-corrected chi connectivity index (χ3v) is 6.23. The summed E-state index contributed by atoms with van der Waals surface area (Å²) in [6.45, 7) is 4.38. The van der Waals surface area contributed by atoms with Crippen molar-refractivity contribution in [1.29, 1.82) is 0 Å². The minimum Gasteiger partial charge on any atom is -0.224 e. The predicted octanol–water partition coefficient (Wildman–Crippen LogP) is 5.83. The molecule has 5 rings (SSSR count). The van der Waals surface area contributed by atoms with Gasteiger partial charge in [-0.1, -0.05) is 62.4 Å². The lowest BCUT2D eigenvalue weighted by Crippen LogP contribution is -2.40. The van der Waals surface area contributed by atoms with Crippen molar-refractivity contribution >= 4 is 0 Å². The quantitative estimate of drug-likeness (QED) is 0.654. The molecule has 2 aromatic rings. The van der Waals surface area contributed by atoms with E-state index in [9.17, 15) is 0 Å². The maximum atomic E-state index is 6.16. The molecule has 2 saturated heterocycles. The van der Waals surface area contributed by atoms with E-state index in [4.69, 9.17) is 9.78 Å². The van der Waals surface area contributed by atoms with E-state index in [1.54, 1.807) is 0 Å². The summed E-state index contributed by atoms with van der Waals surface area (Å²) >= 11 is 0. The lowest BCUT2D eigenvalue weighted by Gasteiger charge is -2.42. The average molecular weight is 336 g/mol. The Labute approximate surface area is 151 Å². The van der Waals surface area contributed by atoms with Gasteiger partial charge in [-0.3, -0.25) is 0 Å². The topological polar surface area (TPSA) is 18.5 Å². The molecule has 3 aliphatic rings. The molecule has 2 heterocycles. The SMILES string of the molecule is CCc1ccc(C23CCCC(c4ccc(CC)cc4)(CC2)OO3)cc1. The monoisotopic (exact) mass is 336 g/mol. The molecule has 2 unspecified atom stereocenters. The van der Waals surface area contributed by atoms with Crippen LogP contribution in [0, 0.1) is 0 Å². The van der Waals surface area contributed by atoms with Gasteiger partial charge in [0.2, 0.25) is 0 Å². The second-order valence-corrected chi connectivity index (χ2v) is 7.61. The Balaban J connectivity index is 1.60. The smallest absolute Gasteiger partial charge is 0.129 e. The average Bonchev–Trinajstić information content (AvgIpc) is 3.00. The Morgan fingerprint density at radius 3 is 1.36 bits per heavy atom. The fraction of sp³-hybridized carbons (Fsp3) is 0.478. The van der Waals surface area contributed by atoms with Gasteiger partial charge in [-0.2, -0.15) is 0 Å². The molecule has 0 aromatic heterocycles. The molecule has 2 atom stereocenters. The largest absolute Gasteiger partial charge is 0.224 e. The normalized spacial score (nSPS) is 28.7. The zero-order valence-electron chi connectivity index (χ0n) is 15.4. The van der Waals surface area contributed by atoms with E-state index in [2.05, 4.69) is 62.4 Å². The molecule has 0 N–H and O–H groups in total. The first-order valence-electron chi connectivity index (χ1n) is 9.75. The summed E-state index contributed by atoms with van der Waals surface area (Å²) in [5.41, 5.74) is 4.74. The fourth-order valence-electron chi connectivity index (χ4n) is 4.40. The van der Waals surface area contributed by atoms with E-state index in [-0.39, 0.29) is 11.2 Å². The van der Waals surface area contributed by atoms with Crippen molar-refractivity contribution in [2.75, 3.05) is 0 Å². The Hall–Kier alpha value is -1.64. The van der Waals surface area contributed by atoms with Crippen LogP contribution in [0.15, 0.2) is 48.5 Å². The van der Waals surface area contributed by atoms with Gasteiger partial charge in [0, 0.05) is 0 Å². The van der Waals surface area contributed by atoms with Crippen molar-refractivity contribution in [3.63, 3.8) is 0 Å². The number of hydrogen-bond donors (Lipinski definition) is 0. The number of hydrogen-bond acceptors (Lipinski definition) is 2. The van der Waals surface area contributed by atoms with Crippen LogP contribution >= 0.6 is 0 Å². The van der Waals surface area contributed by atoms with Gasteiger partial charge < -0.3 is 0 Å². The van der Waals surface area contributed by atoms with Crippen molar-refractivity contribution in [3.8, 4) is 0 Å². The molecule has 2 aromatic carbocycles. The van der Waals surface area contributed by atoms with Gasteiger partial charge in [0.25, 0.3) is 0 Å². The highest BCUT2D eigenvalue weighted by Crippen LogP contribution is 2.52. The van der Waals surface area contributed by atoms with E-state index in [0.717, 1.165) is 44.9 Å². The zero-order valence-corrected chi connectivity index (χ0v) is 15.4. The van der Waals surface area contributed by atoms with Crippen LogP contribution < -0.4 is 0 Å². The Bertz CT molecular complexity index is 643. The van der Waals surface area contributed by atoms with E-state index < -0.39 is 0 Å². The van der Waals surface area contributed by atoms with Crippen LogP contribution in [-0.2, 0) is 33.8 Å². The van der Waals surface area contributed by atoms with Crippen LogP contribution in [0.1, 0.15) is 68.2 Å². The molecule has 0 radical (unpaired) electrons. The molecule has 2 aliphatic heterocycles. The second kappa shape index (κ2) is 6.59. The molecule has 2 heteroatoms. The van der Waals surface area contributed by atoms with Crippen LogP contribution in [0.5, 0.6) is 0 Å². The van der Waals surface area contributed by atoms with Crippen molar-refractivity contribution in [1.82, 2.24) is 0 Å². The van der Waals surface area contributed by atoms with Crippen LogP contribution in [0.2, 0.25) is 0 Å². The summed E-state index contributed by atoms with van der Waals surface area (Å²) in [6, 6.07) is 17.8. The molecular formula is C23H28O2. The van der Waals surface area contributed by atoms with Crippen molar-refractivity contribution in [2.24, 2.45) is 0 Å². The number of benzene rings is 2. The van der Waals surface area contributed by atoms with E-state index in [0.29, 0.717) is 0 Å². The summed E-state index contributed by atoms with van der Waals surface area (Å²) in [5.74, 6) is 0. The summed E-state index contributed by atoms with van der Waals surface area (Å²) in [6.07, 6.45) is 7.39. The fourth-order valence-corrected chi connectivity index (χ4v) is 4.40. The van der Waals surface area contributed by atoms with Gasteiger partial charge in [-0.05, 0) is 67.2 Å². The Kier molecular flexibility index (Phi) is 4.43. The Morgan fingerprint density at radius 1 is 0.640 bits per heavy atom. The Morgan fingerprint density at radius 2 is 1.04 bits per heavy atom. The van der Waals surface area contributed by atoms with Gasteiger partial charge in [-0.25, -0.2) is 9.78 Å². The van der Waals surface area contributed by atoms with Crippen molar-refractivity contribution in [2.45, 2.75) is 70.0 Å². The van der Waals surface area contributed by atoms with Gasteiger partial charge >= 0.3 is 0 Å². The predicted molar refractivity (Wildman–Crippen MR) is 100 cm³/mol. The molecule has 2 nitrogen and oxygen atoms in total. The highest BCUT2D eigenvalue weighted by Gasteiger charge is 2.50. The van der Waals surface area contributed by atoms with Crippen LogP contribution in [0.25, 0.3) is 0 Å². The van der Waals surface area contributed by atoms with Crippen molar-refractivity contribution < 1.29 is 9.78 Å². The number of rotatable bonds is 4.